The van der Waals surface area contributed by atoms with Crippen molar-refractivity contribution < 1.29 is 27.5 Å². The third-order valence-corrected chi connectivity index (χ3v) is 16.5. The Labute approximate surface area is 176 Å². The van der Waals surface area contributed by atoms with Crippen molar-refractivity contribution in [3.05, 3.63) is 0 Å². The molecule has 4 atom stereocenters. The first kappa shape index (κ1) is 24.9. The number of amides is 1. The Bertz CT molecular complexity index is 672. The van der Waals surface area contributed by atoms with E-state index >= 15 is 8.78 Å². The third-order valence-electron chi connectivity index (χ3n) is 7.61. The number of carbonyl (C=O) groups excluding carboxylic acids is 1. The summed E-state index contributed by atoms with van der Waals surface area (Å²) in [4.78, 5) is 14.2. The molecule has 1 amide bonds. The molecule has 0 bridgehead atoms. The number of aliphatic hydroxyl groups is 1. The van der Waals surface area contributed by atoms with Crippen molar-refractivity contribution in [3.63, 3.8) is 0 Å². The molecule has 2 rings (SSSR count). The van der Waals surface area contributed by atoms with Gasteiger partial charge in [-0.15, -0.1) is 0 Å². The van der Waals surface area contributed by atoms with E-state index in [1.165, 1.54) is 6.92 Å². The lowest BCUT2D eigenvalue weighted by molar-refractivity contribution is -0.249. The summed E-state index contributed by atoms with van der Waals surface area (Å²) in [6.07, 6.45) is -2.65. The van der Waals surface area contributed by atoms with Crippen LogP contribution in [0, 0.1) is 5.92 Å². The van der Waals surface area contributed by atoms with E-state index < -0.39 is 52.3 Å². The van der Waals surface area contributed by atoms with E-state index in [4.69, 9.17) is 8.85 Å². The topological polar surface area (TPSA) is 59.0 Å². The van der Waals surface area contributed by atoms with E-state index in [9.17, 15) is 9.90 Å². The first-order valence-electron chi connectivity index (χ1n) is 10.4. The molecule has 0 unspecified atom stereocenters. The molecule has 0 aromatic rings. The quantitative estimate of drug-likeness (QED) is 0.636. The van der Waals surface area contributed by atoms with Crippen LogP contribution in [-0.2, 0) is 13.6 Å². The number of hydrogen-bond donors (Lipinski definition) is 1. The summed E-state index contributed by atoms with van der Waals surface area (Å²) < 4.78 is 43.2. The van der Waals surface area contributed by atoms with Gasteiger partial charge < -0.3 is 18.9 Å². The van der Waals surface area contributed by atoms with Gasteiger partial charge in [-0.25, -0.2) is 8.78 Å². The summed E-state index contributed by atoms with van der Waals surface area (Å²) in [5, 5.41) is 10.8. The van der Waals surface area contributed by atoms with Gasteiger partial charge in [0.1, 0.15) is 6.10 Å². The number of alkyl halides is 2. The summed E-state index contributed by atoms with van der Waals surface area (Å²) in [5.41, 5.74) is -2.69. The molecule has 2 heterocycles. The molecule has 29 heavy (non-hydrogen) atoms. The summed E-state index contributed by atoms with van der Waals surface area (Å²) in [5.74, 6) is -5.23. The van der Waals surface area contributed by atoms with Gasteiger partial charge in [-0.2, -0.15) is 0 Å². The lowest BCUT2D eigenvalue weighted by Gasteiger charge is -2.45. The molecule has 5 nitrogen and oxygen atoms in total. The first-order chi connectivity index (χ1) is 12.6. The predicted molar refractivity (Wildman–Crippen MR) is 115 cm³/mol. The number of rotatable bonds is 4. The molecule has 0 aliphatic carbocycles. The van der Waals surface area contributed by atoms with Gasteiger partial charge in [0, 0.05) is 12.5 Å². The Balaban J connectivity index is 2.57. The van der Waals surface area contributed by atoms with Crippen molar-refractivity contribution in [1.82, 2.24) is 4.90 Å². The zero-order chi connectivity index (χ0) is 23.0. The van der Waals surface area contributed by atoms with E-state index in [1.807, 2.05) is 67.7 Å². The van der Waals surface area contributed by atoms with Crippen molar-refractivity contribution in [2.24, 2.45) is 5.92 Å². The number of halogens is 2. The summed E-state index contributed by atoms with van der Waals surface area (Å²) in [6.45, 7) is 21.0. The Morgan fingerprint density at radius 1 is 1.00 bits per heavy atom. The standard InChI is InChI=1S/C20H39F2NO4Si2/c1-13-12-23-16(24)14(26-28(8,9)17(2,3)4)15(20(23,25)19(13,21)22)27-29(10,11)18(5,6)7/h13-15,25H,12H2,1-11H3/t13-,14+,15+,20+/m0/s1. The minimum absolute atomic E-state index is 0.211. The number of carbonyl (C=O) groups is 1. The van der Waals surface area contributed by atoms with Crippen LogP contribution in [0.1, 0.15) is 48.5 Å². The zero-order valence-corrected chi connectivity index (χ0v) is 21.8. The van der Waals surface area contributed by atoms with Gasteiger partial charge in [0.2, 0.25) is 5.72 Å². The lowest BCUT2D eigenvalue weighted by Crippen LogP contribution is -2.63. The smallest absolute Gasteiger partial charge is 0.301 e. The summed E-state index contributed by atoms with van der Waals surface area (Å²) >= 11 is 0. The minimum atomic E-state index is -3.48. The van der Waals surface area contributed by atoms with Gasteiger partial charge in [-0.3, -0.25) is 4.79 Å². The van der Waals surface area contributed by atoms with Gasteiger partial charge in [0.25, 0.3) is 5.91 Å². The van der Waals surface area contributed by atoms with Crippen LogP contribution in [0.3, 0.4) is 0 Å². The van der Waals surface area contributed by atoms with Crippen molar-refractivity contribution in [2.75, 3.05) is 6.54 Å². The van der Waals surface area contributed by atoms with Crippen LogP contribution in [0.2, 0.25) is 36.3 Å². The molecule has 2 saturated heterocycles. The largest absolute Gasteiger partial charge is 0.406 e. The fraction of sp³-hybridized carbons (Fsp3) is 0.950. The molecular formula is C20H39F2NO4Si2. The molecule has 0 aromatic heterocycles. The maximum atomic E-state index is 15.3. The van der Waals surface area contributed by atoms with Crippen molar-refractivity contribution in [1.29, 1.82) is 0 Å². The molecule has 170 valence electrons. The highest BCUT2D eigenvalue weighted by molar-refractivity contribution is 6.74. The SMILES string of the molecule is C[C@H]1CN2C(=O)[C@H](O[Si](C)(C)C(C)(C)C)[C@@H](O[Si](C)(C)C(C)(C)C)[C@@]2(O)C1(F)F. The van der Waals surface area contributed by atoms with Crippen LogP contribution in [0.5, 0.6) is 0 Å². The zero-order valence-electron chi connectivity index (χ0n) is 19.8. The summed E-state index contributed by atoms with van der Waals surface area (Å²) in [7, 11) is -5.08. The van der Waals surface area contributed by atoms with Crippen LogP contribution in [0.15, 0.2) is 0 Å². The van der Waals surface area contributed by atoms with Gasteiger partial charge in [-0.1, -0.05) is 48.5 Å². The average molecular weight is 452 g/mol. The Hall–Kier alpha value is -0.356. The van der Waals surface area contributed by atoms with E-state index in [2.05, 4.69) is 0 Å². The van der Waals surface area contributed by atoms with Crippen LogP contribution in [0.25, 0.3) is 0 Å². The monoisotopic (exact) mass is 451 g/mol. The van der Waals surface area contributed by atoms with Crippen LogP contribution in [0.4, 0.5) is 8.78 Å². The fourth-order valence-electron chi connectivity index (χ4n) is 3.41. The van der Waals surface area contributed by atoms with Crippen molar-refractivity contribution in [2.45, 2.75) is 109 Å². The van der Waals surface area contributed by atoms with Crippen LogP contribution < -0.4 is 0 Å². The third kappa shape index (κ3) is 3.64. The molecule has 9 heteroatoms. The van der Waals surface area contributed by atoms with E-state index in [0.717, 1.165) is 4.90 Å². The highest BCUT2D eigenvalue weighted by Gasteiger charge is 2.77. The molecule has 2 aliphatic heterocycles. The highest BCUT2D eigenvalue weighted by atomic mass is 28.4. The second kappa shape index (κ2) is 6.82. The fourth-order valence-corrected chi connectivity index (χ4v) is 5.90. The summed E-state index contributed by atoms with van der Waals surface area (Å²) in [6, 6.07) is 0. The van der Waals surface area contributed by atoms with Gasteiger partial charge in [-0.05, 0) is 36.3 Å². The number of fused-ring (bicyclic) bond motifs is 1. The average Bonchev–Trinajstić information content (AvgIpc) is 2.79. The molecule has 0 spiro atoms. The van der Waals surface area contributed by atoms with E-state index in [1.54, 1.807) is 0 Å². The molecule has 0 saturated carbocycles. The minimum Gasteiger partial charge on any atom is -0.406 e. The molecule has 2 fully saturated rings. The van der Waals surface area contributed by atoms with Gasteiger partial charge in [0.15, 0.2) is 22.7 Å². The van der Waals surface area contributed by atoms with E-state index in [-0.39, 0.29) is 16.6 Å². The molecule has 0 radical (unpaired) electrons. The first-order valence-corrected chi connectivity index (χ1v) is 16.2. The lowest BCUT2D eigenvalue weighted by atomic mass is 9.94. The van der Waals surface area contributed by atoms with Crippen LogP contribution >= 0.6 is 0 Å². The second-order valence-electron chi connectivity index (χ2n) is 11.8. The Morgan fingerprint density at radius 3 is 1.83 bits per heavy atom. The van der Waals surface area contributed by atoms with Gasteiger partial charge >= 0.3 is 5.92 Å². The predicted octanol–water partition coefficient (Wildman–Crippen LogP) is 4.58. The second-order valence-corrected chi connectivity index (χ2v) is 21.3. The number of nitrogens with zero attached hydrogens (tertiary/aromatic N) is 1. The van der Waals surface area contributed by atoms with Crippen molar-refractivity contribution >= 4 is 22.5 Å². The maximum Gasteiger partial charge on any atom is 0.301 e. The maximum absolute atomic E-state index is 15.3. The Kier molecular flexibility index (Phi) is 5.86. The number of hydrogen-bond acceptors (Lipinski definition) is 4. The van der Waals surface area contributed by atoms with Crippen LogP contribution in [-0.4, -0.2) is 62.9 Å². The molecular weight excluding hydrogens is 412 g/mol. The molecule has 2 aliphatic rings. The highest BCUT2D eigenvalue weighted by Crippen LogP contribution is 2.55. The van der Waals surface area contributed by atoms with Gasteiger partial charge in [0.05, 0.1) is 0 Å². The molecule has 1 N–H and O–H groups in total. The van der Waals surface area contributed by atoms with E-state index in [0.29, 0.717) is 0 Å². The normalized spacial score (nSPS) is 33.4. The molecule has 0 aromatic carbocycles. The Morgan fingerprint density at radius 2 is 1.41 bits per heavy atom. The van der Waals surface area contributed by atoms with Crippen molar-refractivity contribution in [3.8, 4) is 0 Å².